The molecule has 116 valence electrons. The first-order valence-electron chi connectivity index (χ1n) is 8.20. The lowest BCUT2D eigenvalue weighted by Crippen LogP contribution is -2.20. The summed E-state index contributed by atoms with van der Waals surface area (Å²) >= 11 is 0. The van der Waals surface area contributed by atoms with E-state index in [1.54, 1.807) is 0 Å². The maximum absolute atomic E-state index is 4.52. The zero-order valence-corrected chi connectivity index (χ0v) is 13.9. The van der Waals surface area contributed by atoms with Crippen molar-refractivity contribution in [2.45, 2.75) is 53.5 Å². The Kier molecular flexibility index (Phi) is 5.80. The number of hydrogen-bond donors (Lipinski definition) is 1. The lowest BCUT2D eigenvalue weighted by Gasteiger charge is -2.08. The SMILES string of the molecule is Cc1cc2ncn(CCCCCNCC(C)C)c2cc1C. The second kappa shape index (κ2) is 7.60. The highest BCUT2D eigenvalue weighted by molar-refractivity contribution is 5.77. The van der Waals surface area contributed by atoms with Crippen molar-refractivity contribution in [3.8, 4) is 0 Å². The minimum absolute atomic E-state index is 0.744. The molecule has 0 saturated heterocycles. The largest absolute Gasteiger partial charge is 0.331 e. The molecule has 2 aromatic rings. The van der Waals surface area contributed by atoms with Crippen molar-refractivity contribution in [2.24, 2.45) is 5.92 Å². The molecule has 0 aliphatic heterocycles. The van der Waals surface area contributed by atoms with Gasteiger partial charge in [0.05, 0.1) is 17.4 Å². The van der Waals surface area contributed by atoms with Crippen molar-refractivity contribution in [1.29, 1.82) is 0 Å². The summed E-state index contributed by atoms with van der Waals surface area (Å²) < 4.78 is 2.29. The van der Waals surface area contributed by atoms with Gasteiger partial charge in [-0.25, -0.2) is 4.98 Å². The fourth-order valence-electron chi connectivity index (χ4n) is 2.59. The Labute approximate surface area is 128 Å². The molecule has 1 aromatic carbocycles. The molecule has 0 saturated carbocycles. The molecule has 1 N–H and O–H groups in total. The number of nitrogens with zero attached hydrogens (tertiary/aromatic N) is 2. The number of fused-ring (bicyclic) bond motifs is 1. The second-order valence-electron chi connectivity index (χ2n) is 6.52. The number of benzene rings is 1. The Hall–Kier alpha value is -1.35. The molecule has 3 nitrogen and oxygen atoms in total. The summed E-state index contributed by atoms with van der Waals surface area (Å²) in [7, 11) is 0. The van der Waals surface area contributed by atoms with Gasteiger partial charge in [-0.1, -0.05) is 20.3 Å². The Morgan fingerprint density at radius 2 is 1.86 bits per heavy atom. The molecule has 3 heteroatoms. The van der Waals surface area contributed by atoms with E-state index in [0.29, 0.717) is 0 Å². The lowest BCUT2D eigenvalue weighted by molar-refractivity contribution is 0.519. The lowest BCUT2D eigenvalue weighted by atomic mass is 10.1. The third kappa shape index (κ3) is 4.57. The highest BCUT2D eigenvalue weighted by atomic mass is 15.0. The molecule has 0 aliphatic carbocycles. The van der Waals surface area contributed by atoms with Crippen LogP contribution >= 0.6 is 0 Å². The van der Waals surface area contributed by atoms with Gasteiger partial charge in [-0.3, -0.25) is 0 Å². The van der Waals surface area contributed by atoms with Crippen LogP contribution in [0.1, 0.15) is 44.2 Å². The molecule has 0 spiro atoms. The molecule has 0 amide bonds. The summed E-state index contributed by atoms with van der Waals surface area (Å²) in [5.74, 6) is 0.744. The summed E-state index contributed by atoms with van der Waals surface area (Å²) in [5.41, 5.74) is 5.07. The highest BCUT2D eigenvalue weighted by Crippen LogP contribution is 2.18. The van der Waals surface area contributed by atoms with Crippen LogP contribution in [0, 0.1) is 19.8 Å². The number of hydrogen-bond acceptors (Lipinski definition) is 2. The minimum Gasteiger partial charge on any atom is -0.331 e. The van der Waals surface area contributed by atoms with Gasteiger partial charge in [0.1, 0.15) is 0 Å². The van der Waals surface area contributed by atoms with E-state index in [-0.39, 0.29) is 0 Å². The quantitative estimate of drug-likeness (QED) is 0.742. The zero-order chi connectivity index (χ0) is 15.2. The second-order valence-corrected chi connectivity index (χ2v) is 6.52. The van der Waals surface area contributed by atoms with Crippen LogP contribution in [-0.2, 0) is 6.54 Å². The molecule has 0 aliphatic rings. The summed E-state index contributed by atoms with van der Waals surface area (Å²) in [6, 6.07) is 4.46. The topological polar surface area (TPSA) is 29.9 Å². The normalized spacial score (nSPS) is 11.7. The first-order valence-corrected chi connectivity index (χ1v) is 8.20. The van der Waals surface area contributed by atoms with E-state index in [9.17, 15) is 0 Å². The monoisotopic (exact) mass is 287 g/mol. The minimum atomic E-state index is 0.744. The van der Waals surface area contributed by atoms with E-state index < -0.39 is 0 Å². The molecule has 1 heterocycles. The van der Waals surface area contributed by atoms with Crippen LogP contribution in [0.4, 0.5) is 0 Å². The van der Waals surface area contributed by atoms with Gasteiger partial charge in [-0.05, 0) is 69.0 Å². The first-order chi connectivity index (χ1) is 10.1. The van der Waals surface area contributed by atoms with Crippen molar-refractivity contribution in [2.75, 3.05) is 13.1 Å². The molecule has 21 heavy (non-hydrogen) atoms. The van der Waals surface area contributed by atoms with E-state index in [0.717, 1.165) is 31.1 Å². The Morgan fingerprint density at radius 3 is 2.62 bits per heavy atom. The van der Waals surface area contributed by atoms with E-state index >= 15 is 0 Å². The van der Waals surface area contributed by atoms with Crippen molar-refractivity contribution in [3.63, 3.8) is 0 Å². The third-order valence-electron chi connectivity index (χ3n) is 4.04. The van der Waals surface area contributed by atoms with Gasteiger partial charge >= 0.3 is 0 Å². The summed E-state index contributed by atoms with van der Waals surface area (Å²) in [4.78, 5) is 4.52. The van der Waals surface area contributed by atoms with Gasteiger partial charge < -0.3 is 9.88 Å². The molecule has 0 atom stereocenters. The van der Waals surface area contributed by atoms with E-state index in [1.165, 1.54) is 35.9 Å². The van der Waals surface area contributed by atoms with Gasteiger partial charge in [-0.15, -0.1) is 0 Å². The zero-order valence-electron chi connectivity index (χ0n) is 13.9. The Bertz CT molecular complexity index is 569. The number of imidazole rings is 1. The van der Waals surface area contributed by atoms with Crippen LogP contribution in [-0.4, -0.2) is 22.6 Å². The van der Waals surface area contributed by atoms with Crippen LogP contribution in [0.15, 0.2) is 18.5 Å². The summed E-state index contributed by atoms with van der Waals surface area (Å²) in [5, 5.41) is 3.50. The first kappa shape index (κ1) is 16.0. The van der Waals surface area contributed by atoms with Gasteiger partial charge in [0.15, 0.2) is 0 Å². The standard InChI is InChI=1S/C18H29N3/c1-14(2)12-19-8-6-5-7-9-21-13-20-17-10-15(3)16(4)11-18(17)21/h10-11,13-14,19H,5-9,12H2,1-4H3. The van der Waals surface area contributed by atoms with Crippen LogP contribution in [0.5, 0.6) is 0 Å². The number of rotatable bonds is 8. The average Bonchev–Trinajstić information content (AvgIpc) is 2.80. The maximum atomic E-state index is 4.52. The van der Waals surface area contributed by atoms with E-state index in [4.69, 9.17) is 0 Å². The molecular weight excluding hydrogens is 258 g/mol. The van der Waals surface area contributed by atoms with Crippen LogP contribution in [0.25, 0.3) is 11.0 Å². The Balaban J connectivity index is 1.78. The van der Waals surface area contributed by atoms with Crippen molar-refractivity contribution >= 4 is 11.0 Å². The molecule has 0 fully saturated rings. The predicted octanol–water partition coefficient (Wildman–Crippen LogP) is 4.07. The highest BCUT2D eigenvalue weighted by Gasteiger charge is 2.04. The third-order valence-corrected chi connectivity index (χ3v) is 4.04. The number of aromatic nitrogens is 2. The number of aryl methyl sites for hydroxylation is 3. The molecular formula is C18H29N3. The van der Waals surface area contributed by atoms with Crippen LogP contribution in [0.2, 0.25) is 0 Å². The maximum Gasteiger partial charge on any atom is 0.0958 e. The Morgan fingerprint density at radius 1 is 1.10 bits per heavy atom. The average molecular weight is 287 g/mol. The van der Waals surface area contributed by atoms with Crippen molar-refractivity contribution < 1.29 is 0 Å². The predicted molar refractivity (Wildman–Crippen MR) is 90.8 cm³/mol. The smallest absolute Gasteiger partial charge is 0.0958 e. The van der Waals surface area contributed by atoms with Gasteiger partial charge in [0.25, 0.3) is 0 Å². The van der Waals surface area contributed by atoms with Crippen LogP contribution < -0.4 is 5.32 Å². The molecule has 0 radical (unpaired) electrons. The van der Waals surface area contributed by atoms with Crippen molar-refractivity contribution in [1.82, 2.24) is 14.9 Å². The summed E-state index contributed by atoms with van der Waals surface area (Å²) in [6.45, 7) is 12.2. The number of nitrogens with one attached hydrogen (secondary N) is 1. The van der Waals surface area contributed by atoms with E-state index in [1.807, 2.05) is 6.33 Å². The molecule has 0 unspecified atom stereocenters. The fraction of sp³-hybridized carbons (Fsp3) is 0.611. The van der Waals surface area contributed by atoms with Gasteiger partial charge in [0, 0.05) is 6.54 Å². The number of unbranched alkanes of at least 4 members (excludes halogenated alkanes) is 2. The van der Waals surface area contributed by atoms with E-state index in [2.05, 4.69) is 54.7 Å². The molecule has 0 bridgehead atoms. The van der Waals surface area contributed by atoms with Gasteiger partial charge in [-0.2, -0.15) is 0 Å². The van der Waals surface area contributed by atoms with Crippen LogP contribution in [0.3, 0.4) is 0 Å². The van der Waals surface area contributed by atoms with Gasteiger partial charge in [0.2, 0.25) is 0 Å². The molecule has 1 aromatic heterocycles. The van der Waals surface area contributed by atoms with Crippen molar-refractivity contribution in [3.05, 3.63) is 29.6 Å². The summed E-state index contributed by atoms with van der Waals surface area (Å²) in [6.07, 6.45) is 5.75. The molecule has 2 rings (SSSR count). The fourth-order valence-corrected chi connectivity index (χ4v) is 2.59.